The fourth-order valence-electron chi connectivity index (χ4n) is 2.13. The number of hydrogen-bond donors (Lipinski definition) is 1. The Kier molecular flexibility index (Phi) is 3.97. The van der Waals surface area contributed by atoms with Crippen LogP contribution in [0.2, 0.25) is 0 Å². The molecule has 4 heteroatoms. The zero-order chi connectivity index (χ0) is 13.1. The van der Waals surface area contributed by atoms with Crippen molar-refractivity contribution in [3.05, 3.63) is 35.1 Å². The molecule has 1 saturated heterocycles. The normalized spacial score (nSPS) is 23.7. The Hall–Kier alpha value is -1.42. The van der Waals surface area contributed by atoms with Crippen LogP contribution in [-0.2, 0) is 4.74 Å². The van der Waals surface area contributed by atoms with E-state index in [0.29, 0.717) is 30.3 Å². The maximum Gasteiger partial charge on any atom is 0.251 e. The van der Waals surface area contributed by atoms with Gasteiger partial charge in [-0.15, -0.1) is 0 Å². The number of ether oxygens (including phenoxy) is 1. The first-order valence-corrected chi connectivity index (χ1v) is 6.22. The molecule has 18 heavy (non-hydrogen) atoms. The second-order valence-electron chi connectivity index (χ2n) is 4.88. The monoisotopic (exact) mass is 251 g/mol. The molecular formula is C14H18FNO2. The molecule has 0 bridgehead atoms. The molecule has 0 spiro atoms. The molecule has 1 aromatic rings. The molecule has 0 saturated carbocycles. The van der Waals surface area contributed by atoms with Crippen molar-refractivity contribution in [2.75, 3.05) is 13.2 Å². The van der Waals surface area contributed by atoms with Crippen LogP contribution in [0.5, 0.6) is 0 Å². The van der Waals surface area contributed by atoms with Crippen molar-refractivity contribution in [1.82, 2.24) is 5.32 Å². The minimum absolute atomic E-state index is 0.136. The van der Waals surface area contributed by atoms with Crippen molar-refractivity contribution in [3.63, 3.8) is 0 Å². The smallest absolute Gasteiger partial charge is 0.251 e. The first-order chi connectivity index (χ1) is 8.58. The number of amides is 1. The predicted octanol–water partition coefficient (Wildman–Crippen LogP) is 2.29. The van der Waals surface area contributed by atoms with E-state index in [1.54, 1.807) is 13.0 Å². The van der Waals surface area contributed by atoms with Crippen LogP contribution in [0.3, 0.4) is 0 Å². The lowest BCUT2D eigenvalue weighted by atomic mass is 9.97. The van der Waals surface area contributed by atoms with Gasteiger partial charge in [0, 0.05) is 18.2 Å². The van der Waals surface area contributed by atoms with Crippen molar-refractivity contribution in [3.8, 4) is 0 Å². The lowest BCUT2D eigenvalue weighted by molar-refractivity contribution is 0.0375. The molecule has 1 aromatic carbocycles. The molecule has 1 fully saturated rings. The highest BCUT2D eigenvalue weighted by atomic mass is 19.1. The molecule has 2 atom stereocenters. The number of hydrogen-bond acceptors (Lipinski definition) is 2. The van der Waals surface area contributed by atoms with Crippen molar-refractivity contribution < 1.29 is 13.9 Å². The maximum absolute atomic E-state index is 13.1. The second kappa shape index (κ2) is 5.48. The molecule has 1 N–H and O–H groups in total. The quantitative estimate of drug-likeness (QED) is 0.875. The minimum atomic E-state index is -0.286. The van der Waals surface area contributed by atoms with Gasteiger partial charge in [0.1, 0.15) is 5.82 Å². The molecule has 2 rings (SSSR count). The summed E-state index contributed by atoms with van der Waals surface area (Å²) in [5, 5.41) is 2.99. The molecule has 2 unspecified atom stereocenters. The highest BCUT2D eigenvalue weighted by Crippen LogP contribution is 2.15. The number of carbonyl (C=O) groups excluding carboxylic acids is 1. The minimum Gasteiger partial charge on any atom is -0.381 e. The van der Waals surface area contributed by atoms with Gasteiger partial charge in [-0.3, -0.25) is 4.79 Å². The Balaban J connectivity index is 2.04. The molecule has 0 radical (unpaired) electrons. The summed E-state index contributed by atoms with van der Waals surface area (Å²) in [4.78, 5) is 12.0. The van der Waals surface area contributed by atoms with Crippen LogP contribution in [0.4, 0.5) is 4.39 Å². The average molecular weight is 251 g/mol. The number of halogens is 1. The van der Waals surface area contributed by atoms with E-state index in [-0.39, 0.29) is 17.8 Å². The van der Waals surface area contributed by atoms with Gasteiger partial charge in [-0.2, -0.15) is 0 Å². The number of carbonyl (C=O) groups is 1. The third-order valence-electron chi connectivity index (χ3n) is 3.38. The zero-order valence-electron chi connectivity index (χ0n) is 10.7. The SMILES string of the molecule is Cc1cc(C(=O)NC2CCOCC2C)ccc1F. The highest BCUT2D eigenvalue weighted by Gasteiger charge is 2.23. The summed E-state index contributed by atoms with van der Waals surface area (Å²) in [7, 11) is 0. The van der Waals surface area contributed by atoms with E-state index in [9.17, 15) is 9.18 Å². The van der Waals surface area contributed by atoms with E-state index < -0.39 is 0 Å². The number of benzene rings is 1. The molecule has 3 nitrogen and oxygen atoms in total. The van der Waals surface area contributed by atoms with Crippen LogP contribution < -0.4 is 5.32 Å². The Morgan fingerprint density at radius 3 is 2.94 bits per heavy atom. The number of rotatable bonds is 2. The van der Waals surface area contributed by atoms with E-state index in [1.165, 1.54) is 12.1 Å². The topological polar surface area (TPSA) is 38.3 Å². The van der Waals surface area contributed by atoms with Gasteiger partial charge >= 0.3 is 0 Å². The third-order valence-corrected chi connectivity index (χ3v) is 3.38. The van der Waals surface area contributed by atoms with E-state index >= 15 is 0 Å². The first kappa shape index (κ1) is 13.0. The van der Waals surface area contributed by atoms with Crippen LogP contribution in [-0.4, -0.2) is 25.2 Å². The Morgan fingerprint density at radius 1 is 1.50 bits per heavy atom. The van der Waals surface area contributed by atoms with Gasteiger partial charge in [0.05, 0.1) is 6.61 Å². The van der Waals surface area contributed by atoms with E-state index in [2.05, 4.69) is 12.2 Å². The van der Waals surface area contributed by atoms with E-state index in [0.717, 1.165) is 6.42 Å². The zero-order valence-corrected chi connectivity index (χ0v) is 10.7. The standard InChI is InChI=1S/C14H18FNO2/c1-9-7-11(3-4-12(9)15)14(17)16-13-5-6-18-8-10(13)2/h3-4,7,10,13H,5-6,8H2,1-2H3,(H,16,17). The molecule has 98 valence electrons. The Bertz CT molecular complexity index is 447. The van der Waals surface area contributed by atoms with Crippen LogP contribution in [0, 0.1) is 18.7 Å². The summed E-state index contributed by atoms with van der Waals surface area (Å²) in [6, 6.07) is 4.56. The lowest BCUT2D eigenvalue weighted by Crippen LogP contribution is -2.44. The van der Waals surface area contributed by atoms with Gasteiger partial charge in [-0.25, -0.2) is 4.39 Å². The molecule has 1 heterocycles. The maximum atomic E-state index is 13.1. The van der Waals surface area contributed by atoms with Crippen LogP contribution >= 0.6 is 0 Å². The highest BCUT2D eigenvalue weighted by molar-refractivity contribution is 5.94. The van der Waals surface area contributed by atoms with Crippen molar-refractivity contribution in [1.29, 1.82) is 0 Å². The number of nitrogens with one attached hydrogen (secondary N) is 1. The third kappa shape index (κ3) is 2.88. The fraction of sp³-hybridized carbons (Fsp3) is 0.500. The lowest BCUT2D eigenvalue weighted by Gasteiger charge is -2.29. The van der Waals surface area contributed by atoms with Crippen molar-refractivity contribution in [2.45, 2.75) is 26.3 Å². The van der Waals surface area contributed by atoms with E-state index in [4.69, 9.17) is 4.74 Å². The molecule has 1 aliphatic heterocycles. The molecule has 0 aliphatic carbocycles. The van der Waals surface area contributed by atoms with Crippen LogP contribution in [0.1, 0.15) is 29.3 Å². The van der Waals surface area contributed by atoms with Gasteiger partial charge in [0.2, 0.25) is 0 Å². The summed E-state index contributed by atoms with van der Waals surface area (Å²) in [6.45, 7) is 5.06. The summed E-state index contributed by atoms with van der Waals surface area (Å²) in [6.07, 6.45) is 0.826. The molecular weight excluding hydrogens is 233 g/mol. The molecule has 0 aromatic heterocycles. The summed E-state index contributed by atoms with van der Waals surface area (Å²) >= 11 is 0. The van der Waals surface area contributed by atoms with E-state index in [1.807, 2.05) is 0 Å². The van der Waals surface area contributed by atoms with Gasteiger partial charge in [-0.05, 0) is 43.0 Å². The van der Waals surface area contributed by atoms with Gasteiger partial charge < -0.3 is 10.1 Å². The van der Waals surface area contributed by atoms with Crippen molar-refractivity contribution >= 4 is 5.91 Å². The predicted molar refractivity (Wildman–Crippen MR) is 67.0 cm³/mol. The second-order valence-corrected chi connectivity index (χ2v) is 4.88. The summed E-state index contributed by atoms with van der Waals surface area (Å²) in [5.41, 5.74) is 0.996. The van der Waals surface area contributed by atoms with Gasteiger partial charge in [0.15, 0.2) is 0 Å². The number of aryl methyl sites for hydroxylation is 1. The largest absolute Gasteiger partial charge is 0.381 e. The fourth-order valence-corrected chi connectivity index (χ4v) is 2.13. The Labute approximate surface area is 106 Å². The van der Waals surface area contributed by atoms with Crippen molar-refractivity contribution in [2.24, 2.45) is 5.92 Å². The average Bonchev–Trinajstić information content (AvgIpc) is 2.35. The first-order valence-electron chi connectivity index (χ1n) is 6.22. The summed E-state index contributed by atoms with van der Waals surface area (Å²) in [5.74, 6) is -0.118. The van der Waals surface area contributed by atoms with Crippen LogP contribution in [0.25, 0.3) is 0 Å². The van der Waals surface area contributed by atoms with Crippen LogP contribution in [0.15, 0.2) is 18.2 Å². The van der Waals surface area contributed by atoms with Gasteiger partial charge in [0.25, 0.3) is 5.91 Å². The van der Waals surface area contributed by atoms with Gasteiger partial charge in [-0.1, -0.05) is 6.92 Å². The Morgan fingerprint density at radius 2 is 2.28 bits per heavy atom. The summed E-state index contributed by atoms with van der Waals surface area (Å²) < 4.78 is 18.5. The molecule has 1 amide bonds. The molecule has 1 aliphatic rings.